The van der Waals surface area contributed by atoms with Gasteiger partial charge in [-0.3, -0.25) is 4.79 Å². The van der Waals surface area contributed by atoms with E-state index in [0.29, 0.717) is 29.9 Å². The predicted octanol–water partition coefficient (Wildman–Crippen LogP) is 3.17. The van der Waals surface area contributed by atoms with Crippen molar-refractivity contribution in [1.82, 2.24) is 15.2 Å². The number of hydrogen-bond donors (Lipinski definition) is 3. The molecule has 0 bridgehead atoms. The molecule has 1 aromatic heterocycles. The van der Waals surface area contributed by atoms with Crippen molar-refractivity contribution in [2.24, 2.45) is 5.92 Å². The zero-order chi connectivity index (χ0) is 25.1. The van der Waals surface area contributed by atoms with Crippen molar-refractivity contribution in [2.45, 2.75) is 19.1 Å². The number of rotatable bonds is 4. The monoisotopic (exact) mass is 477 g/mol. The van der Waals surface area contributed by atoms with Crippen molar-refractivity contribution in [3.63, 3.8) is 0 Å². The Kier molecular flexibility index (Phi) is 7.10. The topological polar surface area (TPSA) is 85.7 Å². The maximum Gasteiger partial charge on any atom is 0.270 e. The summed E-state index contributed by atoms with van der Waals surface area (Å²) in [5, 5.41) is 23.2. The number of aromatic hydroxyl groups is 1. The Labute approximate surface area is 202 Å². The van der Waals surface area contributed by atoms with Crippen molar-refractivity contribution in [2.75, 3.05) is 20.1 Å². The van der Waals surface area contributed by atoms with Crippen LogP contribution in [-0.4, -0.2) is 52.2 Å². The van der Waals surface area contributed by atoms with Gasteiger partial charge in [-0.15, -0.1) is 0 Å². The number of amides is 1. The number of β-amino-alcohol motifs (C(OH)–C–C–N with tert-alkyl or cyclic N) is 1. The highest BCUT2D eigenvalue weighted by Gasteiger charge is 2.27. The molecule has 1 aliphatic rings. The van der Waals surface area contributed by atoms with Crippen LogP contribution >= 0.6 is 0 Å². The molecule has 0 aliphatic carbocycles. The number of aryl methyl sites for hydroxylation is 1. The van der Waals surface area contributed by atoms with Crippen molar-refractivity contribution >= 4 is 5.91 Å². The highest BCUT2D eigenvalue weighted by molar-refractivity contribution is 5.93. The molecule has 1 amide bonds. The number of carbonyl (C=O) groups excluding carboxylic acids is 1. The van der Waals surface area contributed by atoms with E-state index in [1.165, 1.54) is 36.4 Å². The van der Waals surface area contributed by atoms with Gasteiger partial charge in [-0.1, -0.05) is 24.0 Å². The summed E-state index contributed by atoms with van der Waals surface area (Å²) < 4.78 is 27.5. The van der Waals surface area contributed by atoms with E-state index in [9.17, 15) is 23.8 Å². The van der Waals surface area contributed by atoms with Crippen LogP contribution in [0.1, 0.15) is 38.9 Å². The minimum Gasteiger partial charge on any atom is -0.508 e. The van der Waals surface area contributed by atoms with Crippen LogP contribution in [0.5, 0.6) is 5.75 Å². The number of likely N-dealkylation sites (N-methyl/N-ethyl adjacent to an activating group) is 1. The molecule has 2 heterocycles. The summed E-state index contributed by atoms with van der Waals surface area (Å²) in [5.41, 5.74) is 1.79. The average molecular weight is 478 g/mol. The first-order valence-corrected chi connectivity index (χ1v) is 11.1. The van der Waals surface area contributed by atoms with Gasteiger partial charge in [0, 0.05) is 29.9 Å². The third-order valence-electron chi connectivity index (χ3n) is 5.84. The van der Waals surface area contributed by atoms with E-state index in [4.69, 9.17) is 0 Å². The van der Waals surface area contributed by atoms with Gasteiger partial charge < -0.3 is 20.4 Å². The Morgan fingerprint density at radius 1 is 1.11 bits per heavy atom. The summed E-state index contributed by atoms with van der Waals surface area (Å²) in [6.45, 7) is 2.94. The zero-order valence-corrected chi connectivity index (χ0v) is 19.3. The lowest BCUT2D eigenvalue weighted by Gasteiger charge is -2.21. The molecule has 1 fully saturated rings. The lowest BCUT2D eigenvalue weighted by molar-refractivity contribution is 0.0937. The van der Waals surface area contributed by atoms with Crippen LogP contribution in [0, 0.1) is 36.3 Å². The highest BCUT2D eigenvalue weighted by Crippen LogP contribution is 2.30. The van der Waals surface area contributed by atoms with Gasteiger partial charge in [-0.05, 0) is 62.0 Å². The fraction of sp³-hybridized carbons (Fsp3) is 0.259. The zero-order valence-electron chi connectivity index (χ0n) is 19.3. The number of aromatic nitrogens is 1. The van der Waals surface area contributed by atoms with E-state index < -0.39 is 29.7 Å². The van der Waals surface area contributed by atoms with Crippen LogP contribution in [0.15, 0.2) is 54.6 Å². The number of nitrogens with one attached hydrogen (secondary N) is 1. The van der Waals surface area contributed by atoms with Gasteiger partial charge in [-0.25, -0.2) is 13.8 Å². The van der Waals surface area contributed by atoms with E-state index in [1.54, 1.807) is 13.0 Å². The molecule has 0 radical (unpaired) electrons. The Bertz CT molecular complexity index is 1300. The number of pyridine rings is 1. The molecule has 4 rings (SSSR count). The number of carbonyl (C=O) groups is 1. The Morgan fingerprint density at radius 3 is 2.51 bits per heavy atom. The van der Waals surface area contributed by atoms with Crippen molar-refractivity contribution in [3.8, 4) is 17.6 Å². The smallest absolute Gasteiger partial charge is 0.270 e. The first-order chi connectivity index (χ1) is 16.7. The van der Waals surface area contributed by atoms with Crippen LogP contribution in [-0.2, 0) is 0 Å². The quantitative estimate of drug-likeness (QED) is 0.503. The first-order valence-electron chi connectivity index (χ1n) is 11.1. The molecule has 0 spiro atoms. The standard InChI is InChI=1S/C27H25F2N3O3/c1-16-11-17(3-4-19-14-32(2)15-25(19)34)12-23(30-16)27(35)31-26(18-5-7-20(28)8-6-18)22-13-21(29)9-10-24(22)33/h5-13,19,25-26,33-34H,14-15H2,1-2H3,(H,31,35)/t19?,25-,26?/m1/s1. The van der Waals surface area contributed by atoms with Crippen molar-refractivity contribution < 1.29 is 23.8 Å². The van der Waals surface area contributed by atoms with Gasteiger partial charge in [0.1, 0.15) is 23.1 Å². The van der Waals surface area contributed by atoms with E-state index in [1.807, 2.05) is 11.9 Å². The molecule has 2 unspecified atom stereocenters. The molecule has 1 aliphatic heterocycles. The van der Waals surface area contributed by atoms with E-state index in [-0.39, 0.29) is 22.9 Å². The number of hydrogen-bond acceptors (Lipinski definition) is 5. The maximum absolute atomic E-state index is 14.0. The second-order valence-corrected chi connectivity index (χ2v) is 8.71. The molecule has 3 atom stereocenters. The SMILES string of the molecule is Cc1cc(C#CC2CN(C)C[C@H]2O)cc(C(=O)NC(c2ccc(F)cc2)c2cc(F)ccc2O)n1. The summed E-state index contributed by atoms with van der Waals surface area (Å²) in [4.78, 5) is 19.5. The largest absolute Gasteiger partial charge is 0.508 e. The summed E-state index contributed by atoms with van der Waals surface area (Å²) in [5.74, 6) is 4.05. The summed E-state index contributed by atoms with van der Waals surface area (Å²) in [6.07, 6.45) is -0.534. The van der Waals surface area contributed by atoms with Crippen LogP contribution in [0.4, 0.5) is 8.78 Å². The lowest BCUT2D eigenvalue weighted by Crippen LogP contribution is -2.30. The molecule has 0 saturated carbocycles. The number of phenolic OH excluding ortho intramolecular Hbond substituents is 1. The average Bonchev–Trinajstić information content (AvgIpc) is 3.14. The lowest BCUT2D eigenvalue weighted by atomic mass is 9.97. The number of halogens is 2. The molecule has 35 heavy (non-hydrogen) atoms. The number of phenols is 1. The van der Waals surface area contributed by atoms with Gasteiger partial charge >= 0.3 is 0 Å². The Balaban J connectivity index is 1.64. The molecular weight excluding hydrogens is 452 g/mol. The fourth-order valence-corrected chi connectivity index (χ4v) is 4.11. The molecule has 1 saturated heterocycles. The number of nitrogens with zero attached hydrogens (tertiary/aromatic N) is 2. The van der Waals surface area contributed by atoms with Crippen molar-refractivity contribution in [1.29, 1.82) is 0 Å². The van der Waals surface area contributed by atoms with Crippen LogP contribution < -0.4 is 5.32 Å². The third kappa shape index (κ3) is 5.83. The van der Waals surface area contributed by atoms with Gasteiger partial charge in [0.25, 0.3) is 5.91 Å². The Morgan fingerprint density at radius 2 is 1.83 bits per heavy atom. The fourth-order valence-electron chi connectivity index (χ4n) is 4.11. The van der Waals surface area contributed by atoms with Crippen LogP contribution in [0.25, 0.3) is 0 Å². The van der Waals surface area contributed by atoms with Gasteiger partial charge in [0.15, 0.2) is 0 Å². The van der Waals surface area contributed by atoms with Crippen LogP contribution in [0.2, 0.25) is 0 Å². The minimum atomic E-state index is -0.959. The second-order valence-electron chi connectivity index (χ2n) is 8.71. The minimum absolute atomic E-state index is 0.0846. The molecule has 2 aromatic carbocycles. The van der Waals surface area contributed by atoms with Gasteiger partial charge in [0.2, 0.25) is 0 Å². The number of aliphatic hydroxyl groups is 1. The first kappa shape index (κ1) is 24.3. The summed E-state index contributed by atoms with van der Waals surface area (Å²) in [6, 6.07) is 11.1. The van der Waals surface area contributed by atoms with Gasteiger partial charge in [0.05, 0.1) is 18.1 Å². The molecule has 3 aromatic rings. The summed E-state index contributed by atoms with van der Waals surface area (Å²) >= 11 is 0. The van der Waals surface area contributed by atoms with E-state index >= 15 is 0 Å². The molecule has 180 valence electrons. The second kappa shape index (κ2) is 10.2. The molecule has 6 nitrogen and oxygen atoms in total. The maximum atomic E-state index is 14.0. The number of benzene rings is 2. The van der Waals surface area contributed by atoms with Crippen molar-refractivity contribution in [3.05, 3.63) is 94.3 Å². The molecular formula is C27H25F2N3O3. The van der Waals surface area contributed by atoms with Crippen LogP contribution in [0.3, 0.4) is 0 Å². The normalized spacial score (nSPS) is 18.5. The van der Waals surface area contributed by atoms with Gasteiger partial charge in [-0.2, -0.15) is 0 Å². The number of aliphatic hydroxyl groups excluding tert-OH is 1. The van der Waals surface area contributed by atoms with E-state index in [2.05, 4.69) is 22.1 Å². The predicted molar refractivity (Wildman–Crippen MR) is 127 cm³/mol. The number of likely N-dealkylation sites (tertiary alicyclic amines) is 1. The Hall–Kier alpha value is -3.80. The summed E-state index contributed by atoms with van der Waals surface area (Å²) in [7, 11) is 1.91. The van der Waals surface area contributed by atoms with E-state index in [0.717, 1.165) is 12.1 Å². The highest BCUT2D eigenvalue weighted by atomic mass is 19.1. The third-order valence-corrected chi connectivity index (χ3v) is 5.84. The molecule has 3 N–H and O–H groups in total. The molecule has 8 heteroatoms.